The van der Waals surface area contributed by atoms with Gasteiger partial charge in [0.2, 0.25) is 5.91 Å². The minimum atomic E-state index is -0.466. The Labute approximate surface area is 123 Å². The number of nitrogens with one attached hydrogen (secondary N) is 1. The van der Waals surface area contributed by atoms with E-state index in [9.17, 15) is 9.18 Å². The van der Waals surface area contributed by atoms with Crippen molar-refractivity contribution >= 4 is 23.4 Å². The van der Waals surface area contributed by atoms with E-state index in [2.05, 4.69) is 5.32 Å². The maximum Gasteiger partial charge on any atom is 0.248 e. The highest BCUT2D eigenvalue weighted by Crippen LogP contribution is 2.15. The van der Waals surface area contributed by atoms with Crippen LogP contribution in [-0.4, -0.2) is 5.91 Å². The van der Waals surface area contributed by atoms with Crippen molar-refractivity contribution in [1.82, 2.24) is 0 Å². The van der Waals surface area contributed by atoms with Gasteiger partial charge in [-0.15, -0.1) is 0 Å². The molecule has 0 aliphatic heterocycles. The highest BCUT2D eigenvalue weighted by Gasteiger charge is 2.01. The van der Waals surface area contributed by atoms with Crippen LogP contribution >= 0.6 is 0 Å². The Bertz CT molecular complexity index is 688. The van der Waals surface area contributed by atoms with E-state index in [0.29, 0.717) is 5.56 Å². The standard InChI is InChI=1S/C17H17FN2O/c1-11-7-12(2)9-14(8-11)20-17(21)6-4-13-3-5-15(18)16(19)10-13/h3-10H,19H2,1-2H3,(H,20,21)/b6-4+. The Kier molecular flexibility index (Phi) is 4.38. The predicted octanol–water partition coefficient (Wildman–Crippen LogP) is 3.68. The van der Waals surface area contributed by atoms with Gasteiger partial charge in [0.1, 0.15) is 5.82 Å². The first-order chi connectivity index (χ1) is 9.94. The van der Waals surface area contributed by atoms with E-state index in [1.54, 1.807) is 12.1 Å². The van der Waals surface area contributed by atoms with Crippen LogP contribution in [0.15, 0.2) is 42.5 Å². The monoisotopic (exact) mass is 284 g/mol. The third kappa shape index (κ3) is 4.18. The molecule has 0 bridgehead atoms. The molecule has 21 heavy (non-hydrogen) atoms. The molecule has 0 saturated carbocycles. The number of halogens is 1. The number of hydrogen-bond acceptors (Lipinski definition) is 2. The molecular weight excluding hydrogens is 267 g/mol. The Morgan fingerprint density at radius 1 is 1.14 bits per heavy atom. The Morgan fingerprint density at radius 3 is 2.43 bits per heavy atom. The molecule has 0 aromatic heterocycles. The molecule has 0 heterocycles. The molecule has 0 spiro atoms. The number of nitrogens with two attached hydrogens (primary N) is 1. The summed E-state index contributed by atoms with van der Waals surface area (Å²) in [7, 11) is 0. The van der Waals surface area contributed by atoms with Crippen molar-refractivity contribution < 1.29 is 9.18 Å². The fraction of sp³-hybridized carbons (Fsp3) is 0.118. The van der Waals surface area contributed by atoms with Crippen molar-refractivity contribution in [3.8, 4) is 0 Å². The minimum Gasteiger partial charge on any atom is -0.396 e. The summed E-state index contributed by atoms with van der Waals surface area (Å²) in [5.74, 6) is -0.713. The van der Waals surface area contributed by atoms with Gasteiger partial charge in [0.05, 0.1) is 5.69 Å². The fourth-order valence-corrected chi connectivity index (χ4v) is 2.07. The SMILES string of the molecule is Cc1cc(C)cc(NC(=O)/C=C/c2ccc(F)c(N)c2)c1. The number of anilines is 2. The summed E-state index contributed by atoms with van der Waals surface area (Å²) in [6, 6.07) is 10.1. The smallest absolute Gasteiger partial charge is 0.248 e. The van der Waals surface area contributed by atoms with Crippen LogP contribution in [-0.2, 0) is 4.79 Å². The molecule has 108 valence electrons. The van der Waals surface area contributed by atoms with Gasteiger partial charge in [0, 0.05) is 11.8 Å². The zero-order chi connectivity index (χ0) is 15.4. The van der Waals surface area contributed by atoms with Crippen molar-refractivity contribution in [3.05, 3.63) is 65.0 Å². The van der Waals surface area contributed by atoms with E-state index in [1.807, 2.05) is 32.0 Å². The number of rotatable bonds is 3. The first-order valence-corrected chi connectivity index (χ1v) is 6.56. The normalized spacial score (nSPS) is 10.8. The lowest BCUT2D eigenvalue weighted by Gasteiger charge is -2.05. The topological polar surface area (TPSA) is 55.1 Å². The van der Waals surface area contributed by atoms with Gasteiger partial charge in [-0.2, -0.15) is 0 Å². The highest BCUT2D eigenvalue weighted by atomic mass is 19.1. The van der Waals surface area contributed by atoms with E-state index in [1.165, 1.54) is 18.2 Å². The number of benzene rings is 2. The van der Waals surface area contributed by atoms with Crippen LogP contribution < -0.4 is 11.1 Å². The second-order valence-corrected chi connectivity index (χ2v) is 4.98. The lowest BCUT2D eigenvalue weighted by Crippen LogP contribution is -2.08. The van der Waals surface area contributed by atoms with Gasteiger partial charge in [-0.25, -0.2) is 4.39 Å². The van der Waals surface area contributed by atoms with Crippen LogP contribution in [0.4, 0.5) is 15.8 Å². The molecule has 2 aromatic carbocycles. The number of nitrogen functional groups attached to an aromatic ring is 1. The molecule has 0 atom stereocenters. The van der Waals surface area contributed by atoms with E-state index < -0.39 is 5.82 Å². The van der Waals surface area contributed by atoms with Gasteiger partial charge in [0.25, 0.3) is 0 Å². The molecule has 1 amide bonds. The molecule has 4 heteroatoms. The molecule has 0 saturated heterocycles. The highest BCUT2D eigenvalue weighted by molar-refractivity contribution is 6.02. The van der Waals surface area contributed by atoms with Gasteiger partial charge in [0.15, 0.2) is 0 Å². The van der Waals surface area contributed by atoms with E-state index in [-0.39, 0.29) is 11.6 Å². The average molecular weight is 284 g/mol. The number of carbonyl (C=O) groups excluding carboxylic acids is 1. The third-order valence-corrected chi connectivity index (χ3v) is 2.94. The van der Waals surface area contributed by atoms with E-state index in [4.69, 9.17) is 5.73 Å². The number of hydrogen-bond donors (Lipinski definition) is 2. The van der Waals surface area contributed by atoms with E-state index in [0.717, 1.165) is 16.8 Å². The lowest BCUT2D eigenvalue weighted by atomic mass is 10.1. The van der Waals surface area contributed by atoms with Crippen LogP contribution in [0.5, 0.6) is 0 Å². The Balaban J connectivity index is 2.07. The molecule has 0 fully saturated rings. The third-order valence-electron chi connectivity index (χ3n) is 2.94. The molecule has 0 radical (unpaired) electrons. The summed E-state index contributed by atoms with van der Waals surface area (Å²) in [4.78, 5) is 11.9. The molecule has 2 aromatic rings. The van der Waals surface area contributed by atoms with Crippen molar-refractivity contribution in [2.75, 3.05) is 11.1 Å². The summed E-state index contributed by atoms with van der Waals surface area (Å²) in [6.45, 7) is 3.94. The molecule has 3 N–H and O–H groups in total. The van der Waals surface area contributed by atoms with Gasteiger partial charge >= 0.3 is 0 Å². The summed E-state index contributed by atoms with van der Waals surface area (Å²) >= 11 is 0. The predicted molar refractivity (Wildman–Crippen MR) is 84.4 cm³/mol. The van der Waals surface area contributed by atoms with E-state index >= 15 is 0 Å². The number of carbonyl (C=O) groups is 1. The second kappa shape index (κ2) is 6.22. The fourth-order valence-electron chi connectivity index (χ4n) is 2.07. The van der Waals surface area contributed by atoms with Crippen molar-refractivity contribution in [3.63, 3.8) is 0 Å². The van der Waals surface area contributed by atoms with Gasteiger partial charge < -0.3 is 11.1 Å². The summed E-state index contributed by atoms with van der Waals surface area (Å²) in [6.07, 6.45) is 2.98. The van der Waals surface area contributed by atoms with Crippen molar-refractivity contribution in [2.45, 2.75) is 13.8 Å². The average Bonchev–Trinajstić information content (AvgIpc) is 2.39. The minimum absolute atomic E-state index is 0.0619. The Hall–Kier alpha value is -2.62. The molecule has 0 unspecified atom stereocenters. The van der Waals surface area contributed by atoms with Crippen LogP contribution in [0.25, 0.3) is 6.08 Å². The van der Waals surface area contributed by atoms with Crippen LogP contribution in [0.2, 0.25) is 0 Å². The lowest BCUT2D eigenvalue weighted by molar-refractivity contribution is -0.111. The number of amides is 1. The maximum absolute atomic E-state index is 13.0. The maximum atomic E-state index is 13.0. The van der Waals surface area contributed by atoms with Crippen molar-refractivity contribution in [1.29, 1.82) is 0 Å². The molecule has 0 aliphatic rings. The van der Waals surface area contributed by atoms with Gasteiger partial charge in [-0.1, -0.05) is 12.1 Å². The summed E-state index contributed by atoms with van der Waals surface area (Å²) in [5.41, 5.74) is 9.13. The van der Waals surface area contributed by atoms with Gasteiger partial charge in [-0.3, -0.25) is 4.79 Å². The summed E-state index contributed by atoms with van der Waals surface area (Å²) < 4.78 is 13.0. The quantitative estimate of drug-likeness (QED) is 0.667. The van der Waals surface area contributed by atoms with Crippen LogP contribution in [0.1, 0.15) is 16.7 Å². The first-order valence-electron chi connectivity index (χ1n) is 6.56. The Morgan fingerprint density at radius 2 is 1.81 bits per heavy atom. The van der Waals surface area contributed by atoms with Gasteiger partial charge in [-0.05, 0) is 60.9 Å². The zero-order valence-electron chi connectivity index (χ0n) is 12.0. The molecule has 0 aliphatic carbocycles. The van der Waals surface area contributed by atoms with Crippen molar-refractivity contribution in [2.24, 2.45) is 0 Å². The summed E-state index contributed by atoms with van der Waals surface area (Å²) in [5, 5.41) is 2.79. The van der Waals surface area contributed by atoms with Crippen LogP contribution in [0, 0.1) is 19.7 Å². The zero-order valence-corrected chi connectivity index (χ0v) is 12.0. The molecule has 3 nitrogen and oxygen atoms in total. The first kappa shape index (κ1) is 14.8. The number of aryl methyl sites for hydroxylation is 2. The molecular formula is C17H17FN2O. The molecule has 2 rings (SSSR count). The largest absolute Gasteiger partial charge is 0.396 e. The second-order valence-electron chi connectivity index (χ2n) is 4.98. The van der Waals surface area contributed by atoms with Crippen LogP contribution in [0.3, 0.4) is 0 Å².